The molecule has 20 heavy (non-hydrogen) atoms. The number of nitro groups is 1. The van der Waals surface area contributed by atoms with Crippen molar-refractivity contribution in [3.63, 3.8) is 0 Å². The highest BCUT2D eigenvalue weighted by molar-refractivity contribution is 9.10. The molecule has 0 aliphatic heterocycles. The monoisotopic (exact) mass is 330 g/mol. The fraction of sp³-hybridized carbons (Fsp3) is 0.133. The largest absolute Gasteiger partial charge is 0.269 e. The maximum Gasteiger partial charge on any atom is 0.269 e. The first kappa shape index (κ1) is 14.2. The van der Waals surface area contributed by atoms with E-state index in [4.69, 9.17) is 0 Å². The Kier molecular flexibility index (Phi) is 4.49. The van der Waals surface area contributed by atoms with E-state index in [0.717, 1.165) is 15.6 Å². The molecule has 2 aromatic rings. The van der Waals surface area contributed by atoms with E-state index in [1.807, 2.05) is 24.3 Å². The van der Waals surface area contributed by atoms with Gasteiger partial charge in [0.15, 0.2) is 0 Å². The van der Waals surface area contributed by atoms with Gasteiger partial charge in [0.2, 0.25) is 0 Å². The van der Waals surface area contributed by atoms with Gasteiger partial charge in [-0.05, 0) is 23.6 Å². The summed E-state index contributed by atoms with van der Waals surface area (Å²) in [6.45, 7) is 0. The van der Waals surface area contributed by atoms with Gasteiger partial charge in [0.05, 0.1) is 16.9 Å². The van der Waals surface area contributed by atoms with Crippen molar-refractivity contribution < 1.29 is 4.92 Å². The lowest BCUT2D eigenvalue weighted by Gasteiger charge is -2.10. The van der Waals surface area contributed by atoms with E-state index in [1.165, 1.54) is 12.1 Å². The summed E-state index contributed by atoms with van der Waals surface area (Å²) in [6.07, 6.45) is 0.565. The van der Waals surface area contributed by atoms with Crippen LogP contribution in [0.25, 0.3) is 0 Å². The second kappa shape index (κ2) is 6.31. The summed E-state index contributed by atoms with van der Waals surface area (Å²) in [4.78, 5) is 10.2. The first-order chi connectivity index (χ1) is 9.61. The van der Waals surface area contributed by atoms with Crippen LogP contribution in [0.2, 0.25) is 0 Å². The molecule has 4 nitrogen and oxygen atoms in total. The molecule has 0 aliphatic carbocycles. The Morgan fingerprint density at radius 3 is 2.40 bits per heavy atom. The first-order valence-electron chi connectivity index (χ1n) is 5.99. The van der Waals surface area contributed by atoms with Gasteiger partial charge in [-0.1, -0.05) is 46.3 Å². The van der Waals surface area contributed by atoms with Gasteiger partial charge >= 0.3 is 0 Å². The van der Waals surface area contributed by atoms with E-state index in [0.29, 0.717) is 6.42 Å². The fourth-order valence-corrected chi connectivity index (χ4v) is 2.40. The third kappa shape index (κ3) is 3.22. The normalized spacial score (nSPS) is 11.6. The van der Waals surface area contributed by atoms with Gasteiger partial charge in [-0.25, -0.2) is 0 Å². The molecular formula is C15H11BrN2O2. The standard InChI is InChI=1S/C15H11BrN2O2/c16-15-4-2-1-3-12(15)9-13(10-17)11-5-7-14(8-6-11)18(19)20/h1-8,13H,9H2. The van der Waals surface area contributed by atoms with Crippen LogP contribution < -0.4 is 0 Å². The van der Waals surface area contributed by atoms with Crippen LogP contribution >= 0.6 is 15.9 Å². The molecule has 0 N–H and O–H groups in total. The Labute approximate surface area is 124 Å². The van der Waals surface area contributed by atoms with E-state index >= 15 is 0 Å². The average Bonchev–Trinajstić information content (AvgIpc) is 2.46. The van der Waals surface area contributed by atoms with E-state index in [1.54, 1.807) is 12.1 Å². The number of nitriles is 1. The van der Waals surface area contributed by atoms with Crippen LogP contribution in [0.5, 0.6) is 0 Å². The van der Waals surface area contributed by atoms with Crippen LogP contribution in [-0.2, 0) is 6.42 Å². The van der Waals surface area contributed by atoms with Crippen molar-refractivity contribution in [3.05, 3.63) is 74.2 Å². The number of benzene rings is 2. The molecule has 0 aromatic heterocycles. The number of hydrogen-bond donors (Lipinski definition) is 0. The Morgan fingerprint density at radius 2 is 1.85 bits per heavy atom. The Bertz CT molecular complexity index is 662. The SMILES string of the molecule is N#CC(Cc1ccccc1Br)c1ccc([N+](=O)[O-])cc1. The lowest BCUT2D eigenvalue weighted by atomic mass is 9.93. The average molecular weight is 331 g/mol. The molecule has 0 aliphatic rings. The summed E-state index contributed by atoms with van der Waals surface area (Å²) in [5.41, 5.74) is 1.86. The topological polar surface area (TPSA) is 66.9 Å². The molecule has 100 valence electrons. The van der Waals surface area contributed by atoms with E-state index < -0.39 is 4.92 Å². The van der Waals surface area contributed by atoms with Crippen LogP contribution in [0, 0.1) is 21.4 Å². The summed E-state index contributed by atoms with van der Waals surface area (Å²) < 4.78 is 0.960. The lowest BCUT2D eigenvalue weighted by molar-refractivity contribution is -0.384. The van der Waals surface area contributed by atoms with E-state index in [2.05, 4.69) is 22.0 Å². The third-order valence-electron chi connectivity index (χ3n) is 3.04. The lowest BCUT2D eigenvalue weighted by Crippen LogP contribution is -2.01. The molecule has 5 heteroatoms. The second-order valence-electron chi connectivity index (χ2n) is 4.33. The van der Waals surface area contributed by atoms with E-state index in [9.17, 15) is 15.4 Å². The van der Waals surface area contributed by atoms with Gasteiger partial charge < -0.3 is 0 Å². The summed E-state index contributed by atoms with van der Waals surface area (Å²) in [6, 6.07) is 16.1. The molecular weight excluding hydrogens is 320 g/mol. The number of hydrogen-bond acceptors (Lipinski definition) is 3. The highest BCUT2D eigenvalue weighted by Crippen LogP contribution is 2.26. The minimum atomic E-state index is -0.445. The molecule has 2 rings (SSSR count). The minimum Gasteiger partial charge on any atom is -0.258 e. The van der Waals surface area contributed by atoms with Crippen molar-refractivity contribution >= 4 is 21.6 Å². The van der Waals surface area contributed by atoms with Crippen LogP contribution in [0.4, 0.5) is 5.69 Å². The third-order valence-corrected chi connectivity index (χ3v) is 3.82. The predicted octanol–water partition coefficient (Wildman–Crippen LogP) is 4.21. The van der Waals surface area contributed by atoms with Crippen LogP contribution in [0.15, 0.2) is 53.0 Å². The predicted molar refractivity (Wildman–Crippen MR) is 79.3 cm³/mol. The zero-order valence-electron chi connectivity index (χ0n) is 10.5. The summed E-state index contributed by atoms with van der Waals surface area (Å²) >= 11 is 3.46. The minimum absolute atomic E-state index is 0.0336. The number of rotatable bonds is 4. The van der Waals surface area contributed by atoms with Crippen LogP contribution in [0.1, 0.15) is 17.0 Å². The van der Waals surface area contributed by atoms with Gasteiger partial charge in [-0.2, -0.15) is 5.26 Å². The molecule has 0 saturated heterocycles. The molecule has 0 saturated carbocycles. The van der Waals surface area contributed by atoms with Crippen molar-refractivity contribution in [2.75, 3.05) is 0 Å². The zero-order chi connectivity index (χ0) is 14.5. The molecule has 2 aromatic carbocycles. The summed E-state index contributed by atoms with van der Waals surface area (Å²) in [5.74, 6) is -0.325. The smallest absolute Gasteiger partial charge is 0.258 e. The highest BCUT2D eigenvalue weighted by Gasteiger charge is 2.14. The van der Waals surface area contributed by atoms with Crippen LogP contribution in [-0.4, -0.2) is 4.92 Å². The second-order valence-corrected chi connectivity index (χ2v) is 5.18. The van der Waals surface area contributed by atoms with Crippen molar-refractivity contribution in [1.82, 2.24) is 0 Å². The Balaban J connectivity index is 2.23. The van der Waals surface area contributed by atoms with Gasteiger partial charge in [0.25, 0.3) is 5.69 Å². The van der Waals surface area contributed by atoms with Gasteiger partial charge in [0, 0.05) is 16.6 Å². The highest BCUT2D eigenvalue weighted by atomic mass is 79.9. The van der Waals surface area contributed by atoms with Gasteiger partial charge in [0.1, 0.15) is 0 Å². The molecule has 0 spiro atoms. The fourth-order valence-electron chi connectivity index (χ4n) is 1.95. The zero-order valence-corrected chi connectivity index (χ0v) is 12.1. The Morgan fingerprint density at radius 1 is 1.20 bits per heavy atom. The molecule has 1 unspecified atom stereocenters. The summed E-state index contributed by atoms with van der Waals surface area (Å²) in [7, 11) is 0. The van der Waals surface area contributed by atoms with Crippen molar-refractivity contribution in [2.24, 2.45) is 0 Å². The van der Waals surface area contributed by atoms with Gasteiger partial charge in [-0.15, -0.1) is 0 Å². The number of nitrogens with zero attached hydrogens (tertiary/aromatic N) is 2. The summed E-state index contributed by atoms with van der Waals surface area (Å²) in [5, 5.41) is 19.9. The quantitative estimate of drug-likeness (QED) is 0.623. The van der Waals surface area contributed by atoms with Crippen molar-refractivity contribution in [2.45, 2.75) is 12.3 Å². The van der Waals surface area contributed by atoms with Crippen LogP contribution in [0.3, 0.4) is 0 Å². The van der Waals surface area contributed by atoms with Gasteiger partial charge in [-0.3, -0.25) is 10.1 Å². The van der Waals surface area contributed by atoms with Crippen molar-refractivity contribution in [1.29, 1.82) is 5.26 Å². The molecule has 0 fully saturated rings. The Hall–Kier alpha value is -2.19. The first-order valence-corrected chi connectivity index (χ1v) is 6.78. The van der Waals surface area contributed by atoms with Crippen molar-refractivity contribution in [3.8, 4) is 6.07 Å². The maximum absolute atomic E-state index is 10.6. The maximum atomic E-state index is 10.6. The number of halogens is 1. The molecule has 1 atom stereocenters. The molecule has 0 bridgehead atoms. The number of nitro benzene ring substituents is 1. The molecule has 0 amide bonds. The molecule has 0 heterocycles. The molecule has 0 radical (unpaired) electrons. The van der Waals surface area contributed by atoms with E-state index in [-0.39, 0.29) is 11.6 Å². The number of non-ortho nitro benzene ring substituents is 1.